The van der Waals surface area contributed by atoms with Gasteiger partial charge in [0, 0.05) is 12.4 Å². The molecule has 0 fully saturated rings. The normalized spacial score (nSPS) is 10.9. The van der Waals surface area contributed by atoms with E-state index in [-0.39, 0.29) is 0 Å². The Balaban J connectivity index is 1.79. The minimum absolute atomic E-state index is 0.515. The Bertz CT molecular complexity index is 749. The van der Waals surface area contributed by atoms with Crippen molar-refractivity contribution in [3.63, 3.8) is 0 Å². The number of rotatable bonds is 3. The Morgan fingerprint density at radius 1 is 0.810 bits per heavy atom. The van der Waals surface area contributed by atoms with E-state index in [1.165, 1.54) is 0 Å². The van der Waals surface area contributed by atoms with E-state index in [2.05, 4.69) is 15.0 Å². The molecule has 0 aromatic carbocycles. The molecule has 4 nitrogen and oxygen atoms in total. The highest BCUT2D eigenvalue weighted by molar-refractivity contribution is 5.69. The van der Waals surface area contributed by atoms with Crippen LogP contribution in [-0.2, 0) is 0 Å². The van der Waals surface area contributed by atoms with Crippen molar-refractivity contribution in [3.05, 3.63) is 72.2 Å². The van der Waals surface area contributed by atoms with Crippen molar-refractivity contribution in [2.24, 2.45) is 0 Å². The topological polar surface area (TPSA) is 64.7 Å². The molecule has 0 aliphatic carbocycles. The zero-order valence-corrected chi connectivity index (χ0v) is 11.3. The quantitative estimate of drug-likeness (QED) is 0.796. The number of anilines is 1. The van der Waals surface area contributed by atoms with Gasteiger partial charge in [-0.25, -0.2) is 4.98 Å². The van der Waals surface area contributed by atoms with Gasteiger partial charge in [-0.3, -0.25) is 9.97 Å². The first kappa shape index (κ1) is 13.0. The maximum atomic E-state index is 5.65. The highest BCUT2D eigenvalue weighted by atomic mass is 14.8. The highest BCUT2D eigenvalue weighted by Gasteiger charge is 1.98. The van der Waals surface area contributed by atoms with Crippen LogP contribution in [0.4, 0.5) is 5.82 Å². The maximum Gasteiger partial charge on any atom is 0.124 e. The molecular weight excluding hydrogens is 260 g/mol. The first-order chi connectivity index (χ1) is 10.3. The number of aromatic nitrogens is 3. The average Bonchev–Trinajstić information content (AvgIpc) is 2.54. The summed E-state index contributed by atoms with van der Waals surface area (Å²) in [6.07, 6.45) is 7.44. The smallest absolute Gasteiger partial charge is 0.124 e. The van der Waals surface area contributed by atoms with Crippen LogP contribution in [0, 0.1) is 0 Å². The van der Waals surface area contributed by atoms with Gasteiger partial charge in [0.2, 0.25) is 0 Å². The van der Waals surface area contributed by atoms with Crippen molar-refractivity contribution in [2.45, 2.75) is 0 Å². The molecule has 0 amide bonds. The second-order valence-electron chi connectivity index (χ2n) is 4.51. The van der Waals surface area contributed by atoms with Gasteiger partial charge in [-0.15, -0.1) is 0 Å². The average molecular weight is 274 g/mol. The van der Waals surface area contributed by atoms with Crippen LogP contribution in [0.2, 0.25) is 0 Å². The van der Waals surface area contributed by atoms with Crippen molar-refractivity contribution in [1.82, 2.24) is 15.0 Å². The van der Waals surface area contributed by atoms with E-state index in [0.717, 1.165) is 22.6 Å². The fourth-order valence-corrected chi connectivity index (χ4v) is 1.91. The van der Waals surface area contributed by atoms with E-state index in [4.69, 9.17) is 5.73 Å². The summed E-state index contributed by atoms with van der Waals surface area (Å²) in [6, 6.07) is 15.3. The van der Waals surface area contributed by atoms with E-state index in [9.17, 15) is 0 Å². The van der Waals surface area contributed by atoms with Crippen molar-refractivity contribution in [3.8, 4) is 11.4 Å². The Morgan fingerprint density at radius 3 is 2.43 bits per heavy atom. The van der Waals surface area contributed by atoms with Crippen molar-refractivity contribution in [2.75, 3.05) is 5.73 Å². The first-order valence-corrected chi connectivity index (χ1v) is 6.59. The fourth-order valence-electron chi connectivity index (χ4n) is 1.91. The van der Waals surface area contributed by atoms with Crippen molar-refractivity contribution < 1.29 is 0 Å². The largest absolute Gasteiger partial charge is 0.384 e. The Hall–Kier alpha value is -3.01. The van der Waals surface area contributed by atoms with Crippen LogP contribution in [0.3, 0.4) is 0 Å². The second-order valence-corrected chi connectivity index (χ2v) is 4.51. The van der Waals surface area contributed by atoms with Crippen LogP contribution >= 0.6 is 0 Å². The summed E-state index contributed by atoms with van der Waals surface area (Å²) in [7, 11) is 0. The van der Waals surface area contributed by atoms with E-state index >= 15 is 0 Å². The van der Waals surface area contributed by atoms with Gasteiger partial charge in [-0.05, 0) is 42.0 Å². The Labute approximate surface area is 123 Å². The number of nitrogens with two attached hydrogens (primary N) is 1. The molecule has 0 aliphatic rings. The van der Waals surface area contributed by atoms with Crippen LogP contribution in [0.5, 0.6) is 0 Å². The predicted octanol–water partition coefficient (Wildman–Crippen LogP) is 3.29. The minimum atomic E-state index is 0.515. The van der Waals surface area contributed by atoms with Crippen LogP contribution < -0.4 is 5.73 Å². The summed E-state index contributed by atoms with van der Waals surface area (Å²) >= 11 is 0. The van der Waals surface area contributed by atoms with Crippen LogP contribution in [0.25, 0.3) is 23.5 Å². The molecule has 0 saturated heterocycles. The highest BCUT2D eigenvalue weighted by Crippen LogP contribution is 2.14. The summed E-state index contributed by atoms with van der Waals surface area (Å²) in [6.45, 7) is 0. The van der Waals surface area contributed by atoms with Gasteiger partial charge in [0.15, 0.2) is 0 Å². The monoisotopic (exact) mass is 274 g/mol. The summed E-state index contributed by atoms with van der Waals surface area (Å²) < 4.78 is 0. The van der Waals surface area contributed by atoms with E-state index in [1.54, 1.807) is 12.3 Å². The minimum Gasteiger partial charge on any atom is -0.384 e. The maximum absolute atomic E-state index is 5.65. The molecule has 0 radical (unpaired) electrons. The SMILES string of the molecule is Nc1cccc(/C=C/c2ccc(-c3ccccn3)nc2)n1. The molecule has 0 unspecified atom stereocenters. The lowest BCUT2D eigenvalue weighted by atomic mass is 10.2. The molecule has 3 rings (SSSR count). The van der Waals surface area contributed by atoms with Gasteiger partial charge in [0.25, 0.3) is 0 Å². The van der Waals surface area contributed by atoms with Crippen LogP contribution in [0.1, 0.15) is 11.3 Å². The first-order valence-electron chi connectivity index (χ1n) is 6.59. The summed E-state index contributed by atoms with van der Waals surface area (Å²) in [4.78, 5) is 12.9. The lowest BCUT2D eigenvalue weighted by Gasteiger charge is -2.00. The molecule has 0 bridgehead atoms. The molecule has 0 aliphatic heterocycles. The summed E-state index contributed by atoms with van der Waals surface area (Å²) in [5.74, 6) is 0.515. The molecular formula is C17H14N4. The Kier molecular flexibility index (Phi) is 3.69. The van der Waals surface area contributed by atoms with Crippen LogP contribution in [0.15, 0.2) is 60.9 Å². The third-order valence-electron chi connectivity index (χ3n) is 2.95. The summed E-state index contributed by atoms with van der Waals surface area (Å²) in [5.41, 5.74) is 9.19. The third kappa shape index (κ3) is 3.30. The Morgan fingerprint density at radius 2 is 1.71 bits per heavy atom. The van der Waals surface area contributed by atoms with Gasteiger partial charge in [0.1, 0.15) is 5.82 Å². The van der Waals surface area contributed by atoms with Gasteiger partial charge in [0.05, 0.1) is 17.1 Å². The van der Waals surface area contributed by atoms with Crippen molar-refractivity contribution in [1.29, 1.82) is 0 Å². The van der Waals surface area contributed by atoms with Gasteiger partial charge >= 0.3 is 0 Å². The molecule has 3 heterocycles. The van der Waals surface area contributed by atoms with E-state index in [0.29, 0.717) is 5.82 Å². The number of nitrogen functional groups attached to an aromatic ring is 1. The molecule has 3 aromatic heterocycles. The molecule has 0 saturated carbocycles. The third-order valence-corrected chi connectivity index (χ3v) is 2.95. The molecule has 102 valence electrons. The molecule has 4 heteroatoms. The molecule has 0 atom stereocenters. The molecule has 3 aromatic rings. The number of nitrogens with zero attached hydrogens (tertiary/aromatic N) is 3. The molecule has 0 spiro atoms. The van der Waals surface area contributed by atoms with E-state index < -0.39 is 0 Å². The number of hydrogen-bond donors (Lipinski definition) is 1. The molecule has 2 N–H and O–H groups in total. The van der Waals surface area contributed by atoms with Gasteiger partial charge < -0.3 is 5.73 Å². The fraction of sp³-hybridized carbons (Fsp3) is 0. The van der Waals surface area contributed by atoms with Gasteiger partial charge in [-0.1, -0.05) is 24.3 Å². The van der Waals surface area contributed by atoms with Crippen LogP contribution in [-0.4, -0.2) is 15.0 Å². The predicted molar refractivity (Wildman–Crippen MR) is 85.0 cm³/mol. The zero-order valence-electron chi connectivity index (χ0n) is 11.3. The van der Waals surface area contributed by atoms with Gasteiger partial charge in [-0.2, -0.15) is 0 Å². The number of pyridine rings is 3. The lowest BCUT2D eigenvalue weighted by molar-refractivity contribution is 1.24. The standard InChI is InChI=1S/C17H14N4/c18-17-6-3-4-14(21-17)9-7-13-8-10-16(20-12-13)15-5-1-2-11-19-15/h1-12H,(H2,18,21)/b9-7+. The van der Waals surface area contributed by atoms with E-state index in [1.807, 2.05) is 60.8 Å². The van der Waals surface area contributed by atoms with Crippen molar-refractivity contribution >= 4 is 18.0 Å². The number of hydrogen-bond acceptors (Lipinski definition) is 4. The zero-order chi connectivity index (χ0) is 14.5. The summed E-state index contributed by atoms with van der Waals surface area (Å²) in [5, 5.41) is 0. The second kappa shape index (κ2) is 5.96. The lowest BCUT2D eigenvalue weighted by Crippen LogP contribution is -1.90. The molecule has 21 heavy (non-hydrogen) atoms.